The zero-order valence-corrected chi connectivity index (χ0v) is 13.5. The Morgan fingerprint density at radius 1 is 1.14 bits per heavy atom. The molecule has 8 atom stereocenters. The van der Waals surface area contributed by atoms with Crippen molar-refractivity contribution >= 4 is 0 Å². The highest BCUT2D eigenvalue weighted by atomic mass is 17.1. The van der Waals surface area contributed by atoms with Crippen molar-refractivity contribution in [2.75, 3.05) is 7.11 Å². The predicted octanol–water partition coefficient (Wildman–Crippen LogP) is 3.25. The molecule has 0 spiro atoms. The summed E-state index contributed by atoms with van der Waals surface area (Å²) in [5.74, 6) is 1.53. The summed E-state index contributed by atoms with van der Waals surface area (Å²) < 4.78 is 17.6. The third-order valence-corrected chi connectivity index (χ3v) is 6.08. The molecule has 1 N–H and O–H groups in total. The largest absolute Gasteiger partial charge is 0.355 e. The molecule has 5 nitrogen and oxygen atoms in total. The third-order valence-electron chi connectivity index (χ3n) is 6.08. The van der Waals surface area contributed by atoms with E-state index in [4.69, 9.17) is 14.2 Å². The number of hydrogen-bond acceptors (Lipinski definition) is 5. The van der Waals surface area contributed by atoms with E-state index in [1.54, 1.807) is 14.0 Å². The Morgan fingerprint density at radius 3 is 2.57 bits per heavy atom. The summed E-state index contributed by atoms with van der Waals surface area (Å²) in [6.07, 6.45) is 3.53. The van der Waals surface area contributed by atoms with Gasteiger partial charge in [0.2, 0.25) is 5.79 Å². The summed E-state index contributed by atoms with van der Waals surface area (Å²) in [4.78, 5) is 4.64. The Balaban J connectivity index is 1.92. The van der Waals surface area contributed by atoms with Crippen LogP contribution in [0.1, 0.15) is 46.5 Å². The van der Waals surface area contributed by atoms with Gasteiger partial charge in [-0.15, -0.1) is 0 Å². The molecule has 3 aliphatic rings. The van der Waals surface area contributed by atoms with Gasteiger partial charge < -0.3 is 14.2 Å². The van der Waals surface area contributed by atoms with Gasteiger partial charge in [-0.1, -0.05) is 20.3 Å². The normalized spacial score (nSPS) is 53.9. The number of hydrogen-bond donors (Lipinski definition) is 1. The van der Waals surface area contributed by atoms with Crippen LogP contribution in [0.2, 0.25) is 0 Å². The van der Waals surface area contributed by atoms with Crippen LogP contribution in [-0.2, 0) is 19.1 Å². The van der Waals surface area contributed by atoms with Crippen LogP contribution in [0.3, 0.4) is 0 Å². The molecule has 21 heavy (non-hydrogen) atoms. The summed E-state index contributed by atoms with van der Waals surface area (Å²) >= 11 is 0. The van der Waals surface area contributed by atoms with E-state index in [9.17, 15) is 5.26 Å². The van der Waals surface area contributed by atoms with E-state index in [0.717, 1.165) is 6.42 Å². The lowest BCUT2D eigenvalue weighted by Crippen LogP contribution is -2.54. The second-order valence-corrected chi connectivity index (χ2v) is 7.31. The van der Waals surface area contributed by atoms with Crippen molar-refractivity contribution < 1.29 is 24.4 Å². The maximum atomic E-state index is 9.24. The van der Waals surface area contributed by atoms with Gasteiger partial charge in [0, 0.05) is 25.4 Å². The highest BCUT2D eigenvalue weighted by Crippen LogP contribution is 2.53. The summed E-state index contributed by atoms with van der Waals surface area (Å²) in [5.41, 5.74) is 0. The summed E-state index contributed by atoms with van der Waals surface area (Å²) in [7, 11) is 1.68. The maximum Gasteiger partial charge on any atom is 0.201 e. The van der Waals surface area contributed by atoms with Crippen molar-refractivity contribution in [1.82, 2.24) is 0 Å². The molecular formula is C16H28O5. The van der Waals surface area contributed by atoms with Gasteiger partial charge in [-0.25, -0.2) is 10.1 Å². The smallest absolute Gasteiger partial charge is 0.201 e. The molecule has 1 aliphatic carbocycles. The SMILES string of the molecule is COC1O[C@@H]2O[C@](C)(OO)CC[C@@H]3C2[C@@H](CC[C@H]3C)C1C. The zero-order chi connectivity index (χ0) is 15.2. The third kappa shape index (κ3) is 2.63. The van der Waals surface area contributed by atoms with Crippen molar-refractivity contribution in [1.29, 1.82) is 0 Å². The molecule has 0 amide bonds. The number of ether oxygens (including phenoxy) is 3. The maximum absolute atomic E-state index is 9.24. The molecule has 0 aromatic carbocycles. The molecule has 3 rings (SSSR count). The highest BCUT2D eigenvalue weighted by Gasteiger charge is 2.54. The molecule has 3 unspecified atom stereocenters. The molecule has 0 aromatic heterocycles. The molecule has 122 valence electrons. The van der Waals surface area contributed by atoms with Gasteiger partial charge in [0.15, 0.2) is 12.6 Å². The molecule has 2 aliphatic heterocycles. The molecule has 0 radical (unpaired) electrons. The zero-order valence-electron chi connectivity index (χ0n) is 13.5. The topological polar surface area (TPSA) is 57.2 Å². The van der Waals surface area contributed by atoms with E-state index >= 15 is 0 Å². The molecule has 0 aromatic rings. The predicted molar refractivity (Wildman–Crippen MR) is 76.1 cm³/mol. The van der Waals surface area contributed by atoms with Crippen LogP contribution >= 0.6 is 0 Å². The van der Waals surface area contributed by atoms with Crippen LogP contribution in [0, 0.1) is 29.6 Å². The fourth-order valence-corrected chi connectivity index (χ4v) is 4.78. The number of rotatable bonds is 2. The molecule has 0 bridgehead atoms. The fourth-order valence-electron chi connectivity index (χ4n) is 4.78. The Morgan fingerprint density at radius 2 is 1.90 bits per heavy atom. The van der Waals surface area contributed by atoms with Gasteiger partial charge >= 0.3 is 0 Å². The minimum atomic E-state index is -0.981. The van der Waals surface area contributed by atoms with Crippen molar-refractivity contribution in [3.05, 3.63) is 0 Å². The van der Waals surface area contributed by atoms with Crippen molar-refractivity contribution in [2.45, 2.75) is 64.8 Å². The quantitative estimate of drug-likeness (QED) is 0.626. The molecule has 2 saturated heterocycles. The van der Waals surface area contributed by atoms with Gasteiger partial charge in [0.25, 0.3) is 0 Å². The Labute approximate surface area is 126 Å². The van der Waals surface area contributed by atoms with E-state index in [-0.39, 0.29) is 12.6 Å². The van der Waals surface area contributed by atoms with E-state index in [1.165, 1.54) is 12.8 Å². The van der Waals surface area contributed by atoms with Crippen LogP contribution in [-0.4, -0.2) is 30.7 Å². The van der Waals surface area contributed by atoms with Gasteiger partial charge in [0.05, 0.1) is 0 Å². The van der Waals surface area contributed by atoms with E-state index in [0.29, 0.717) is 36.0 Å². The van der Waals surface area contributed by atoms with Gasteiger partial charge in [-0.3, -0.25) is 0 Å². The Kier molecular flexibility index (Phi) is 4.32. The summed E-state index contributed by atoms with van der Waals surface area (Å²) in [6, 6.07) is 0. The average Bonchev–Trinajstić information content (AvgIpc) is 2.63. The van der Waals surface area contributed by atoms with Crippen molar-refractivity contribution in [2.24, 2.45) is 29.6 Å². The lowest BCUT2D eigenvalue weighted by molar-refractivity contribution is -0.443. The monoisotopic (exact) mass is 300 g/mol. The van der Waals surface area contributed by atoms with Gasteiger partial charge in [0.1, 0.15) is 0 Å². The van der Waals surface area contributed by atoms with Gasteiger partial charge in [-0.2, -0.15) is 0 Å². The van der Waals surface area contributed by atoms with E-state index in [2.05, 4.69) is 18.7 Å². The average molecular weight is 300 g/mol. The molecule has 2 heterocycles. The Hall–Kier alpha value is -0.200. The van der Waals surface area contributed by atoms with E-state index in [1.807, 2.05) is 0 Å². The molecular weight excluding hydrogens is 272 g/mol. The standard InChI is InChI=1S/C16H28O5/c1-9-5-6-12-10(2)14(18-4)19-15-13(12)11(9)7-8-16(3,20-15)21-17/h9-15,17H,5-8H2,1-4H3/t9-,10?,11+,12+,13?,14?,15-,16-/m1/s1. The summed E-state index contributed by atoms with van der Waals surface area (Å²) in [5, 5.41) is 9.24. The van der Waals surface area contributed by atoms with Crippen LogP contribution < -0.4 is 0 Å². The summed E-state index contributed by atoms with van der Waals surface area (Å²) in [6.45, 7) is 6.33. The first-order valence-electron chi connectivity index (χ1n) is 8.17. The first kappa shape index (κ1) is 15.7. The molecule has 3 fully saturated rings. The fraction of sp³-hybridized carbons (Fsp3) is 1.00. The van der Waals surface area contributed by atoms with Crippen molar-refractivity contribution in [3.8, 4) is 0 Å². The Bertz CT molecular complexity index is 374. The van der Waals surface area contributed by atoms with Crippen LogP contribution in [0.5, 0.6) is 0 Å². The van der Waals surface area contributed by atoms with Gasteiger partial charge in [-0.05, 0) is 37.5 Å². The molecule has 5 heteroatoms. The van der Waals surface area contributed by atoms with Crippen LogP contribution in [0.15, 0.2) is 0 Å². The van der Waals surface area contributed by atoms with Crippen LogP contribution in [0.25, 0.3) is 0 Å². The lowest BCUT2D eigenvalue weighted by atomic mass is 9.61. The second kappa shape index (κ2) is 5.78. The van der Waals surface area contributed by atoms with Crippen molar-refractivity contribution in [3.63, 3.8) is 0 Å². The highest BCUT2D eigenvalue weighted by molar-refractivity contribution is 4.95. The minimum Gasteiger partial charge on any atom is -0.355 e. The van der Waals surface area contributed by atoms with E-state index < -0.39 is 5.79 Å². The second-order valence-electron chi connectivity index (χ2n) is 7.31. The first-order chi connectivity index (χ1) is 9.99. The van der Waals surface area contributed by atoms with Crippen LogP contribution in [0.4, 0.5) is 0 Å². The number of methoxy groups -OCH3 is 1. The minimum absolute atomic E-state index is 0.244. The first-order valence-corrected chi connectivity index (χ1v) is 8.17. The lowest BCUT2D eigenvalue weighted by Gasteiger charge is -2.51. The molecule has 1 saturated carbocycles.